The van der Waals surface area contributed by atoms with Gasteiger partial charge in [-0.25, -0.2) is 0 Å². The molecular weight excluding hydrogens is 248 g/mol. The lowest BCUT2D eigenvalue weighted by Crippen LogP contribution is -2.39. The van der Waals surface area contributed by atoms with Crippen LogP contribution in [0.1, 0.15) is 24.8 Å². The second-order valence-corrected chi connectivity index (χ2v) is 4.60. The van der Waals surface area contributed by atoms with Crippen LogP contribution in [-0.4, -0.2) is 30.4 Å². The average molecular weight is 269 g/mol. The number of benzene rings is 1. The van der Waals surface area contributed by atoms with Gasteiger partial charge in [-0.05, 0) is 31.5 Å². The van der Waals surface area contributed by atoms with Crippen molar-refractivity contribution in [2.24, 2.45) is 0 Å². The van der Waals surface area contributed by atoms with Crippen molar-refractivity contribution >= 4 is 18.3 Å². The topological polar surface area (TPSA) is 32.3 Å². The van der Waals surface area contributed by atoms with E-state index in [0.717, 1.165) is 18.7 Å². The summed E-state index contributed by atoms with van der Waals surface area (Å²) >= 11 is 0. The molecule has 0 aliphatic carbocycles. The molecule has 0 spiro atoms. The first-order valence-corrected chi connectivity index (χ1v) is 6.37. The Balaban J connectivity index is 0.00000162. The molecule has 1 aliphatic rings. The minimum absolute atomic E-state index is 0. The molecule has 0 radical (unpaired) electrons. The fourth-order valence-corrected chi connectivity index (χ4v) is 2.17. The maximum absolute atomic E-state index is 11.7. The summed E-state index contributed by atoms with van der Waals surface area (Å²) in [4.78, 5) is 14.0. The Labute approximate surface area is 115 Å². The van der Waals surface area contributed by atoms with Gasteiger partial charge >= 0.3 is 0 Å². The van der Waals surface area contributed by atoms with E-state index >= 15 is 0 Å². The Kier molecular flexibility index (Phi) is 6.76. The van der Waals surface area contributed by atoms with Crippen LogP contribution >= 0.6 is 12.4 Å². The number of amides is 1. The highest BCUT2D eigenvalue weighted by Gasteiger charge is 2.13. The van der Waals surface area contributed by atoms with E-state index in [1.54, 1.807) is 0 Å². The zero-order valence-corrected chi connectivity index (χ0v) is 11.4. The molecule has 1 N–H and O–H groups in total. The molecule has 1 aromatic carbocycles. The Morgan fingerprint density at radius 2 is 1.78 bits per heavy atom. The maximum Gasteiger partial charge on any atom is 0.234 e. The standard InChI is InChI=1S/C14H20N2O.ClH/c17-14(12-16-9-5-2-6-10-16)15-11-13-7-3-1-4-8-13;/h1,3-4,7-8H,2,5-6,9-12H2,(H,15,17);1H. The van der Waals surface area contributed by atoms with E-state index in [-0.39, 0.29) is 18.3 Å². The molecule has 4 heteroatoms. The largest absolute Gasteiger partial charge is 0.351 e. The molecular formula is C14H21ClN2O. The number of nitrogens with one attached hydrogen (secondary N) is 1. The number of carbonyl (C=O) groups is 1. The minimum Gasteiger partial charge on any atom is -0.351 e. The molecule has 1 fully saturated rings. The Morgan fingerprint density at radius 3 is 2.44 bits per heavy atom. The molecule has 2 rings (SSSR count). The first kappa shape index (κ1) is 15.0. The zero-order valence-electron chi connectivity index (χ0n) is 10.6. The summed E-state index contributed by atoms with van der Waals surface area (Å²) in [6.45, 7) is 3.32. The summed E-state index contributed by atoms with van der Waals surface area (Å²) < 4.78 is 0. The summed E-state index contributed by atoms with van der Waals surface area (Å²) in [7, 11) is 0. The SMILES string of the molecule is Cl.O=C(CN1CCCCC1)NCc1ccccc1. The molecule has 0 bridgehead atoms. The van der Waals surface area contributed by atoms with E-state index < -0.39 is 0 Å². The Morgan fingerprint density at radius 1 is 1.11 bits per heavy atom. The molecule has 3 nitrogen and oxygen atoms in total. The van der Waals surface area contributed by atoms with Crippen molar-refractivity contribution in [1.29, 1.82) is 0 Å². The zero-order chi connectivity index (χ0) is 11.9. The molecule has 100 valence electrons. The van der Waals surface area contributed by atoms with Crippen molar-refractivity contribution in [3.8, 4) is 0 Å². The van der Waals surface area contributed by atoms with Crippen molar-refractivity contribution < 1.29 is 4.79 Å². The van der Waals surface area contributed by atoms with Gasteiger partial charge in [0.1, 0.15) is 0 Å². The Bertz CT molecular complexity index is 350. The van der Waals surface area contributed by atoms with E-state index in [2.05, 4.69) is 10.2 Å². The number of nitrogens with zero attached hydrogens (tertiary/aromatic N) is 1. The molecule has 18 heavy (non-hydrogen) atoms. The summed E-state index contributed by atoms with van der Waals surface area (Å²) in [5, 5.41) is 2.97. The van der Waals surface area contributed by atoms with Crippen LogP contribution in [0.4, 0.5) is 0 Å². The van der Waals surface area contributed by atoms with Gasteiger partial charge in [0.15, 0.2) is 0 Å². The normalized spacial score (nSPS) is 15.8. The number of likely N-dealkylation sites (tertiary alicyclic amines) is 1. The van der Waals surface area contributed by atoms with Crippen LogP contribution in [0.25, 0.3) is 0 Å². The molecule has 1 heterocycles. The molecule has 0 atom stereocenters. The van der Waals surface area contributed by atoms with Crippen LogP contribution in [0.3, 0.4) is 0 Å². The van der Waals surface area contributed by atoms with Gasteiger partial charge in [0.2, 0.25) is 5.91 Å². The van der Waals surface area contributed by atoms with Crippen LogP contribution in [0.2, 0.25) is 0 Å². The van der Waals surface area contributed by atoms with Crippen LogP contribution in [0.15, 0.2) is 30.3 Å². The molecule has 1 saturated heterocycles. The van der Waals surface area contributed by atoms with Crippen molar-refractivity contribution in [3.05, 3.63) is 35.9 Å². The number of halogens is 1. The third kappa shape index (κ3) is 5.07. The van der Waals surface area contributed by atoms with E-state index in [4.69, 9.17) is 0 Å². The molecule has 0 aromatic heterocycles. The molecule has 1 aliphatic heterocycles. The third-order valence-corrected chi connectivity index (χ3v) is 3.15. The van der Waals surface area contributed by atoms with E-state index in [1.165, 1.54) is 19.3 Å². The number of piperidine rings is 1. The average Bonchev–Trinajstić information content (AvgIpc) is 2.39. The van der Waals surface area contributed by atoms with E-state index in [9.17, 15) is 4.79 Å². The van der Waals surface area contributed by atoms with Gasteiger partial charge in [-0.15, -0.1) is 12.4 Å². The van der Waals surface area contributed by atoms with Gasteiger partial charge in [0.25, 0.3) is 0 Å². The maximum atomic E-state index is 11.7. The van der Waals surface area contributed by atoms with Crippen LogP contribution in [0, 0.1) is 0 Å². The molecule has 1 amide bonds. The predicted octanol–water partition coefficient (Wildman–Crippen LogP) is 2.21. The minimum atomic E-state index is 0. The van der Waals surface area contributed by atoms with Crippen LogP contribution < -0.4 is 5.32 Å². The highest BCUT2D eigenvalue weighted by atomic mass is 35.5. The highest BCUT2D eigenvalue weighted by Crippen LogP contribution is 2.07. The molecule has 0 saturated carbocycles. The first-order chi connectivity index (χ1) is 8.34. The van der Waals surface area contributed by atoms with E-state index in [0.29, 0.717) is 13.1 Å². The highest BCUT2D eigenvalue weighted by molar-refractivity contribution is 5.85. The smallest absolute Gasteiger partial charge is 0.234 e. The molecule has 1 aromatic rings. The Hall–Kier alpha value is -1.06. The third-order valence-electron chi connectivity index (χ3n) is 3.15. The van der Waals surface area contributed by atoms with Crippen molar-refractivity contribution in [3.63, 3.8) is 0 Å². The summed E-state index contributed by atoms with van der Waals surface area (Å²) in [5.41, 5.74) is 1.15. The lowest BCUT2D eigenvalue weighted by atomic mass is 10.1. The monoisotopic (exact) mass is 268 g/mol. The summed E-state index contributed by atoms with van der Waals surface area (Å²) in [5.74, 6) is 0.135. The quantitative estimate of drug-likeness (QED) is 0.908. The van der Waals surface area contributed by atoms with Gasteiger partial charge < -0.3 is 5.32 Å². The van der Waals surface area contributed by atoms with E-state index in [1.807, 2.05) is 30.3 Å². The van der Waals surface area contributed by atoms with Crippen molar-refractivity contribution in [1.82, 2.24) is 10.2 Å². The second kappa shape index (κ2) is 8.11. The predicted molar refractivity (Wildman–Crippen MR) is 75.8 cm³/mol. The van der Waals surface area contributed by atoms with Crippen LogP contribution in [-0.2, 0) is 11.3 Å². The van der Waals surface area contributed by atoms with Crippen LogP contribution in [0.5, 0.6) is 0 Å². The van der Waals surface area contributed by atoms with Gasteiger partial charge in [-0.3, -0.25) is 9.69 Å². The molecule has 0 unspecified atom stereocenters. The summed E-state index contributed by atoms with van der Waals surface area (Å²) in [6.07, 6.45) is 3.76. The second-order valence-electron chi connectivity index (χ2n) is 4.60. The number of carbonyl (C=O) groups excluding carboxylic acids is 1. The summed E-state index contributed by atoms with van der Waals surface area (Å²) in [6, 6.07) is 10.0. The first-order valence-electron chi connectivity index (χ1n) is 6.37. The number of hydrogen-bond acceptors (Lipinski definition) is 2. The number of hydrogen-bond donors (Lipinski definition) is 1. The fraction of sp³-hybridized carbons (Fsp3) is 0.500. The van der Waals surface area contributed by atoms with Gasteiger partial charge in [-0.1, -0.05) is 36.8 Å². The van der Waals surface area contributed by atoms with Gasteiger partial charge in [0, 0.05) is 6.54 Å². The lowest BCUT2D eigenvalue weighted by Gasteiger charge is -2.25. The van der Waals surface area contributed by atoms with Gasteiger partial charge in [0.05, 0.1) is 6.54 Å². The fourth-order valence-electron chi connectivity index (χ4n) is 2.17. The van der Waals surface area contributed by atoms with Gasteiger partial charge in [-0.2, -0.15) is 0 Å². The number of rotatable bonds is 4. The van der Waals surface area contributed by atoms with Crippen molar-refractivity contribution in [2.45, 2.75) is 25.8 Å². The lowest BCUT2D eigenvalue weighted by molar-refractivity contribution is -0.122. The van der Waals surface area contributed by atoms with Crippen molar-refractivity contribution in [2.75, 3.05) is 19.6 Å².